The minimum atomic E-state index is -0.425. The molecule has 2 aromatic rings. The van der Waals surface area contributed by atoms with Crippen LogP contribution in [0.4, 0.5) is 0 Å². The molecule has 19 heavy (non-hydrogen) atoms. The first-order chi connectivity index (χ1) is 9.21. The molecule has 1 atom stereocenters. The third-order valence-corrected chi connectivity index (χ3v) is 3.39. The highest BCUT2D eigenvalue weighted by molar-refractivity contribution is 5.52. The molecule has 0 bridgehead atoms. The molecule has 0 radical (unpaired) electrons. The predicted molar refractivity (Wildman–Crippen MR) is 68.0 cm³/mol. The molecule has 2 aromatic heterocycles. The fourth-order valence-electron chi connectivity index (χ4n) is 2.23. The number of ether oxygens (including phenoxy) is 1. The quantitative estimate of drug-likeness (QED) is 0.902. The standard InChI is InChI=1S/C13H16N4O2/c1-13(4-2-6-18-13)12-16-11(19-17-12)9-3-5-15-10(7-9)8-14/h3,5,7H,2,4,6,8,14H2,1H3. The summed E-state index contributed by atoms with van der Waals surface area (Å²) in [5, 5.41) is 4.04. The summed E-state index contributed by atoms with van der Waals surface area (Å²) in [6.45, 7) is 3.12. The van der Waals surface area contributed by atoms with Crippen LogP contribution in [0, 0.1) is 0 Å². The molecule has 0 aliphatic carbocycles. The van der Waals surface area contributed by atoms with E-state index in [1.54, 1.807) is 6.20 Å². The SMILES string of the molecule is CC1(c2noc(-c3ccnc(CN)c3)n2)CCCO1. The zero-order chi connectivity index (χ0) is 13.3. The van der Waals surface area contributed by atoms with E-state index in [0.29, 0.717) is 18.3 Å². The van der Waals surface area contributed by atoms with E-state index in [4.69, 9.17) is 15.0 Å². The molecule has 1 aliphatic heterocycles. The third kappa shape index (κ3) is 2.24. The molecule has 1 saturated heterocycles. The Morgan fingerprint density at radius 3 is 3.11 bits per heavy atom. The minimum Gasteiger partial charge on any atom is -0.367 e. The van der Waals surface area contributed by atoms with Gasteiger partial charge in [-0.3, -0.25) is 4.98 Å². The van der Waals surface area contributed by atoms with Gasteiger partial charge in [-0.2, -0.15) is 4.98 Å². The third-order valence-electron chi connectivity index (χ3n) is 3.39. The summed E-state index contributed by atoms with van der Waals surface area (Å²) in [6.07, 6.45) is 3.62. The van der Waals surface area contributed by atoms with Crippen LogP contribution < -0.4 is 5.73 Å². The van der Waals surface area contributed by atoms with E-state index in [9.17, 15) is 0 Å². The van der Waals surface area contributed by atoms with E-state index < -0.39 is 5.60 Å². The average molecular weight is 260 g/mol. The normalized spacial score (nSPS) is 22.8. The van der Waals surface area contributed by atoms with Gasteiger partial charge in [0.25, 0.3) is 5.89 Å². The first-order valence-corrected chi connectivity index (χ1v) is 6.35. The Hall–Kier alpha value is -1.79. The van der Waals surface area contributed by atoms with Crippen LogP contribution in [0.3, 0.4) is 0 Å². The van der Waals surface area contributed by atoms with Gasteiger partial charge in [-0.05, 0) is 31.9 Å². The Bertz CT molecular complexity index is 576. The van der Waals surface area contributed by atoms with Crippen molar-refractivity contribution in [3.8, 4) is 11.5 Å². The molecular weight excluding hydrogens is 244 g/mol. The highest BCUT2D eigenvalue weighted by Crippen LogP contribution is 2.34. The number of pyridine rings is 1. The lowest BCUT2D eigenvalue weighted by molar-refractivity contribution is 0.00768. The Morgan fingerprint density at radius 2 is 2.37 bits per heavy atom. The number of nitrogens with zero attached hydrogens (tertiary/aromatic N) is 3. The first kappa shape index (κ1) is 12.3. The van der Waals surface area contributed by atoms with E-state index in [1.807, 2.05) is 19.1 Å². The largest absolute Gasteiger partial charge is 0.367 e. The fraction of sp³-hybridized carbons (Fsp3) is 0.462. The van der Waals surface area contributed by atoms with E-state index in [1.165, 1.54) is 0 Å². The van der Waals surface area contributed by atoms with Gasteiger partial charge in [0.1, 0.15) is 5.60 Å². The second kappa shape index (κ2) is 4.71. The molecule has 6 nitrogen and oxygen atoms in total. The number of rotatable bonds is 3. The monoisotopic (exact) mass is 260 g/mol. The summed E-state index contributed by atoms with van der Waals surface area (Å²) in [6, 6.07) is 3.68. The molecule has 3 rings (SSSR count). The van der Waals surface area contributed by atoms with Crippen LogP contribution in [0.25, 0.3) is 11.5 Å². The van der Waals surface area contributed by atoms with Crippen molar-refractivity contribution in [2.75, 3.05) is 6.61 Å². The maximum Gasteiger partial charge on any atom is 0.258 e. The molecule has 1 aliphatic rings. The summed E-state index contributed by atoms with van der Waals surface area (Å²) < 4.78 is 11.0. The van der Waals surface area contributed by atoms with E-state index in [-0.39, 0.29) is 0 Å². The molecule has 1 unspecified atom stereocenters. The van der Waals surface area contributed by atoms with Gasteiger partial charge in [0.2, 0.25) is 5.82 Å². The molecule has 0 saturated carbocycles. The van der Waals surface area contributed by atoms with Crippen molar-refractivity contribution in [3.63, 3.8) is 0 Å². The summed E-state index contributed by atoms with van der Waals surface area (Å²) in [5.74, 6) is 1.08. The Labute approximate surface area is 111 Å². The summed E-state index contributed by atoms with van der Waals surface area (Å²) in [5.41, 5.74) is 6.77. The van der Waals surface area contributed by atoms with Gasteiger partial charge in [0, 0.05) is 24.9 Å². The first-order valence-electron chi connectivity index (χ1n) is 6.35. The van der Waals surface area contributed by atoms with E-state index in [2.05, 4.69) is 15.1 Å². The Kier molecular flexibility index (Phi) is 3.04. The lowest BCUT2D eigenvalue weighted by Gasteiger charge is -2.17. The van der Waals surface area contributed by atoms with Crippen LogP contribution in [0.2, 0.25) is 0 Å². The lowest BCUT2D eigenvalue weighted by atomic mass is 10.0. The van der Waals surface area contributed by atoms with E-state index in [0.717, 1.165) is 30.7 Å². The molecule has 100 valence electrons. The van der Waals surface area contributed by atoms with Crippen molar-refractivity contribution in [2.24, 2.45) is 5.73 Å². The van der Waals surface area contributed by atoms with Gasteiger partial charge in [0.15, 0.2) is 0 Å². The smallest absolute Gasteiger partial charge is 0.258 e. The minimum absolute atomic E-state index is 0.385. The maximum atomic E-state index is 5.70. The number of aromatic nitrogens is 3. The highest BCUT2D eigenvalue weighted by atomic mass is 16.5. The summed E-state index contributed by atoms with van der Waals surface area (Å²) >= 11 is 0. The van der Waals surface area contributed by atoms with Gasteiger partial charge in [-0.1, -0.05) is 5.16 Å². The van der Waals surface area contributed by atoms with Crippen LogP contribution in [-0.2, 0) is 16.9 Å². The second-order valence-corrected chi connectivity index (χ2v) is 4.85. The lowest BCUT2D eigenvalue weighted by Crippen LogP contribution is -2.21. The fourth-order valence-corrected chi connectivity index (χ4v) is 2.23. The number of nitrogens with two attached hydrogens (primary N) is 1. The molecule has 6 heteroatoms. The molecular formula is C13H16N4O2. The Balaban J connectivity index is 1.92. The van der Waals surface area contributed by atoms with E-state index >= 15 is 0 Å². The van der Waals surface area contributed by atoms with Gasteiger partial charge < -0.3 is 15.0 Å². The molecule has 1 fully saturated rings. The van der Waals surface area contributed by atoms with Crippen molar-refractivity contribution in [1.29, 1.82) is 0 Å². The van der Waals surface area contributed by atoms with Gasteiger partial charge in [-0.25, -0.2) is 0 Å². The second-order valence-electron chi connectivity index (χ2n) is 4.85. The van der Waals surface area contributed by atoms with Gasteiger partial charge in [-0.15, -0.1) is 0 Å². The molecule has 2 N–H and O–H groups in total. The van der Waals surface area contributed by atoms with Crippen LogP contribution in [-0.4, -0.2) is 21.7 Å². The van der Waals surface area contributed by atoms with Crippen molar-refractivity contribution in [1.82, 2.24) is 15.1 Å². The summed E-state index contributed by atoms with van der Waals surface area (Å²) in [4.78, 5) is 8.58. The van der Waals surface area contributed by atoms with Gasteiger partial charge in [0.05, 0.1) is 5.69 Å². The van der Waals surface area contributed by atoms with Crippen LogP contribution >= 0.6 is 0 Å². The molecule has 0 aromatic carbocycles. The van der Waals surface area contributed by atoms with Crippen molar-refractivity contribution in [3.05, 3.63) is 29.8 Å². The molecule has 3 heterocycles. The van der Waals surface area contributed by atoms with Crippen molar-refractivity contribution < 1.29 is 9.26 Å². The number of hydrogen-bond donors (Lipinski definition) is 1. The number of hydrogen-bond acceptors (Lipinski definition) is 6. The highest BCUT2D eigenvalue weighted by Gasteiger charge is 2.36. The zero-order valence-corrected chi connectivity index (χ0v) is 10.8. The molecule has 0 spiro atoms. The Morgan fingerprint density at radius 1 is 1.47 bits per heavy atom. The topological polar surface area (TPSA) is 87.1 Å². The van der Waals surface area contributed by atoms with Crippen LogP contribution in [0.15, 0.2) is 22.9 Å². The maximum absolute atomic E-state index is 5.70. The van der Waals surface area contributed by atoms with Crippen molar-refractivity contribution in [2.45, 2.75) is 31.9 Å². The van der Waals surface area contributed by atoms with Crippen LogP contribution in [0.1, 0.15) is 31.3 Å². The van der Waals surface area contributed by atoms with Crippen molar-refractivity contribution >= 4 is 0 Å². The van der Waals surface area contributed by atoms with Gasteiger partial charge >= 0.3 is 0 Å². The van der Waals surface area contributed by atoms with Crippen LogP contribution in [0.5, 0.6) is 0 Å². The molecule has 0 amide bonds. The summed E-state index contributed by atoms with van der Waals surface area (Å²) in [7, 11) is 0. The zero-order valence-electron chi connectivity index (χ0n) is 10.8. The average Bonchev–Trinajstić information content (AvgIpc) is 3.08. The predicted octanol–water partition coefficient (Wildman–Crippen LogP) is 1.62.